The lowest BCUT2D eigenvalue weighted by Crippen LogP contribution is -2.09. The summed E-state index contributed by atoms with van der Waals surface area (Å²) >= 11 is 0. The Bertz CT molecular complexity index is 698. The van der Waals surface area contributed by atoms with E-state index in [2.05, 4.69) is 9.97 Å². The maximum absolute atomic E-state index is 5.86. The molecule has 96 valence electrons. The van der Waals surface area contributed by atoms with E-state index in [4.69, 9.17) is 10.2 Å². The zero-order valence-electron chi connectivity index (χ0n) is 10.9. The van der Waals surface area contributed by atoms with Gasteiger partial charge < -0.3 is 10.2 Å². The topological polar surface area (TPSA) is 64.9 Å². The molecule has 2 aromatic heterocycles. The maximum Gasteiger partial charge on any atom is 0.195 e. The van der Waals surface area contributed by atoms with Crippen LogP contribution in [0.4, 0.5) is 0 Å². The fourth-order valence-electron chi connectivity index (χ4n) is 2.13. The summed E-state index contributed by atoms with van der Waals surface area (Å²) in [5.74, 6) is 1.28. The van der Waals surface area contributed by atoms with E-state index >= 15 is 0 Å². The van der Waals surface area contributed by atoms with Crippen LogP contribution in [-0.2, 0) is 0 Å². The van der Waals surface area contributed by atoms with Gasteiger partial charge in [-0.15, -0.1) is 0 Å². The van der Waals surface area contributed by atoms with Crippen LogP contribution in [0.1, 0.15) is 24.2 Å². The van der Waals surface area contributed by atoms with Gasteiger partial charge in [-0.3, -0.25) is 0 Å². The molecule has 1 atom stereocenters. The van der Waals surface area contributed by atoms with Crippen molar-refractivity contribution in [3.05, 3.63) is 47.8 Å². The Morgan fingerprint density at radius 2 is 2.05 bits per heavy atom. The van der Waals surface area contributed by atoms with Crippen molar-refractivity contribution < 1.29 is 4.42 Å². The number of furan rings is 1. The number of aryl methyl sites for hydroxylation is 1. The molecule has 0 saturated carbocycles. The molecule has 3 aromatic rings. The first kappa shape index (κ1) is 11.9. The van der Waals surface area contributed by atoms with Crippen LogP contribution in [0, 0.1) is 6.92 Å². The molecule has 19 heavy (non-hydrogen) atoms. The normalized spacial score (nSPS) is 12.8. The van der Waals surface area contributed by atoms with Crippen LogP contribution in [0.5, 0.6) is 0 Å². The van der Waals surface area contributed by atoms with E-state index in [0.29, 0.717) is 11.6 Å². The van der Waals surface area contributed by atoms with E-state index < -0.39 is 0 Å². The summed E-state index contributed by atoms with van der Waals surface area (Å²) < 4.78 is 5.75. The lowest BCUT2D eigenvalue weighted by Gasteiger charge is -2.08. The molecule has 0 saturated heterocycles. The van der Waals surface area contributed by atoms with Gasteiger partial charge >= 0.3 is 0 Å². The van der Waals surface area contributed by atoms with E-state index in [1.165, 1.54) is 0 Å². The average Bonchev–Trinajstić information content (AvgIpc) is 2.81. The van der Waals surface area contributed by atoms with Gasteiger partial charge in [0.2, 0.25) is 0 Å². The number of hydrogen-bond donors (Lipinski definition) is 1. The summed E-state index contributed by atoms with van der Waals surface area (Å²) in [5.41, 5.74) is 8.55. The van der Waals surface area contributed by atoms with Gasteiger partial charge in [0.25, 0.3) is 0 Å². The summed E-state index contributed by atoms with van der Waals surface area (Å²) in [5, 5.41) is 1.05. The second-order valence-corrected chi connectivity index (χ2v) is 4.67. The largest absolute Gasteiger partial charge is 0.453 e. The molecule has 0 bridgehead atoms. The van der Waals surface area contributed by atoms with Crippen molar-refractivity contribution in [1.29, 1.82) is 0 Å². The molecule has 4 nitrogen and oxygen atoms in total. The Balaban J connectivity index is 2.09. The molecule has 0 aliphatic rings. The summed E-state index contributed by atoms with van der Waals surface area (Å²) in [6.07, 6.45) is 1.77. The van der Waals surface area contributed by atoms with Gasteiger partial charge in [-0.2, -0.15) is 0 Å². The third-order valence-electron chi connectivity index (χ3n) is 3.15. The van der Waals surface area contributed by atoms with E-state index in [0.717, 1.165) is 22.2 Å². The van der Waals surface area contributed by atoms with Crippen molar-refractivity contribution in [1.82, 2.24) is 9.97 Å². The Kier molecular flexibility index (Phi) is 2.80. The maximum atomic E-state index is 5.86. The first-order chi connectivity index (χ1) is 9.15. The molecule has 0 spiro atoms. The Morgan fingerprint density at radius 3 is 2.74 bits per heavy atom. The van der Waals surface area contributed by atoms with E-state index in [1.807, 2.05) is 44.2 Å². The molecule has 0 unspecified atom stereocenters. The fourth-order valence-corrected chi connectivity index (χ4v) is 2.13. The van der Waals surface area contributed by atoms with Gasteiger partial charge in [0.15, 0.2) is 11.6 Å². The minimum Gasteiger partial charge on any atom is -0.453 e. The molecule has 0 aliphatic heterocycles. The standard InChI is InChI=1S/C15H15N3O/c1-9(16)12-8-17-15(18-10(12)2)14-7-11-5-3-4-6-13(11)19-14/h3-9H,16H2,1-2H3/t9-/m0/s1. The molecule has 3 rings (SSSR count). The van der Waals surface area contributed by atoms with Crippen molar-refractivity contribution in [2.24, 2.45) is 5.73 Å². The number of para-hydroxylation sites is 1. The average molecular weight is 253 g/mol. The highest BCUT2D eigenvalue weighted by Crippen LogP contribution is 2.26. The van der Waals surface area contributed by atoms with Crippen LogP contribution < -0.4 is 5.73 Å². The highest BCUT2D eigenvalue weighted by Gasteiger charge is 2.12. The van der Waals surface area contributed by atoms with Crippen LogP contribution in [-0.4, -0.2) is 9.97 Å². The zero-order valence-corrected chi connectivity index (χ0v) is 10.9. The van der Waals surface area contributed by atoms with Gasteiger partial charge in [0.1, 0.15) is 5.58 Å². The van der Waals surface area contributed by atoms with Gasteiger partial charge in [0, 0.05) is 28.9 Å². The summed E-state index contributed by atoms with van der Waals surface area (Å²) in [7, 11) is 0. The third-order valence-corrected chi connectivity index (χ3v) is 3.15. The molecule has 0 fully saturated rings. The summed E-state index contributed by atoms with van der Waals surface area (Å²) in [4.78, 5) is 8.82. The molecule has 2 heterocycles. The van der Waals surface area contributed by atoms with Crippen LogP contribution in [0.3, 0.4) is 0 Å². The fraction of sp³-hybridized carbons (Fsp3) is 0.200. The lowest BCUT2D eigenvalue weighted by atomic mass is 10.1. The number of rotatable bonds is 2. The van der Waals surface area contributed by atoms with Crippen LogP contribution >= 0.6 is 0 Å². The molecular formula is C15H15N3O. The van der Waals surface area contributed by atoms with Crippen molar-refractivity contribution >= 4 is 11.0 Å². The molecule has 4 heteroatoms. The van der Waals surface area contributed by atoms with Crippen LogP contribution in [0.2, 0.25) is 0 Å². The zero-order chi connectivity index (χ0) is 13.4. The van der Waals surface area contributed by atoms with Gasteiger partial charge in [-0.25, -0.2) is 9.97 Å². The van der Waals surface area contributed by atoms with Crippen molar-refractivity contribution in [3.8, 4) is 11.6 Å². The van der Waals surface area contributed by atoms with E-state index in [-0.39, 0.29) is 6.04 Å². The third kappa shape index (κ3) is 2.11. The highest BCUT2D eigenvalue weighted by molar-refractivity contribution is 5.81. The Morgan fingerprint density at radius 1 is 1.26 bits per heavy atom. The monoisotopic (exact) mass is 253 g/mol. The van der Waals surface area contributed by atoms with Crippen LogP contribution in [0.25, 0.3) is 22.6 Å². The Hall–Kier alpha value is -2.20. The van der Waals surface area contributed by atoms with Crippen LogP contribution in [0.15, 0.2) is 40.9 Å². The molecular weight excluding hydrogens is 238 g/mol. The minimum atomic E-state index is -0.0651. The number of nitrogens with two attached hydrogens (primary N) is 1. The first-order valence-electron chi connectivity index (χ1n) is 6.23. The number of fused-ring (bicyclic) bond motifs is 1. The second-order valence-electron chi connectivity index (χ2n) is 4.67. The predicted octanol–water partition coefficient (Wildman–Crippen LogP) is 3.22. The SMILES string of the molecule is Cc1nc(-c2cc3ccccc3o2)ncc1[C@H](C)N. The summed E-state index contributed by atoms with van der Waals surface area (Å²) in [6.45, 7) is 3.86. The van der Waals surface area contributed by atoms with Gasteiger partial charge in [-0.05, 0) is 26.0 Å². The molecule has 0 radical (unpaired) electrons. The van der Waals surface area contributed by atoms with E-state index in [1.54, 1.807) is 6.20 Å². The van der Waals surface area contributed by atoms with Gasteiger partial charge in [-0.1, -0.05) is 18.2 Å². The molecule has 2 N–H and O–H groups in total. The quantitative estimate of drug-likeness (QED) is 0.761. The minimum absolute atomic E-state index is 0.0651. The molecule has 0 amide bonds. The highest BCUT2D eigenvalue weighted by atomic mass is 16.3. The molecule has 1 aromatic carbocycles. The van der Waals surface area contributed by atoms with Crippen molar-refractivity contribution in [2.45, 2.75) is 19.9 Å². The second kappa shape index (κ2) is 4.48. The number of benzene rings is 1. The first-order valence-corrected chi connectivity index (χ1v) is 6.23. The number of nitrogens with zero attached hydrogens (tertiary/aromatic N) is 2. The summed E-state index contributed by atoms with van der Waals surface area (Å²) in [6, 6.07) is 9.75. The number of aromatic nitrogens is 2. The lowest BCUT2D eigenvalue weighted by molar-refractivity contribution is 0.624. The predicted molar refractivity (Wildman–Crippen MR) is 74.6 cm³/mol. The van der Waals surface area contributed by atoms with Gasteiger partial charge in [0.05, 0.1) is 0 Å². The smallest absolute Gasteiger partial charge is 0.195 e. The molecule has 0 aliphatic carbocycles. The number of hydrogen-bond acceptors (Lipinski definition) is 4. The van der Waals surface area contributed by atoms with Crippen molar-refractivity contribution in [2.75, 3.05) is 0 Å². The van der Waals surface area contributed by atoms with Crippen molar-refractivity contribution in [3.63, 3.8) is 0 Å². The Labute approximate surface area is 111 Å². The van der Waals surface area contributed by atoms with E-state index in [9.17, 15) is 0 Å².